The van der Waals surface area contributed by atoms with Gasteiger partial charge >= 0.3 is 0 Å². The summed E-state index contributed by atoms with van der Waals surface area (Å²) in [6.45, 7) is 0. The van der Waals surface area contributed by atoms with Gasteiger partial charge < -0.3 is 4.52 Å². The number of halogens is 1. The second kappa shape index (κ2) is 4.13. The van der Waals surface area contributed by atoms with Gasteiger partial charge in [0, 0.05) is 34.4 Å². The van der Waals surface area contributed by atoms with E-state index < -0.39 is 9.84 Å². The van der Waals surface area contributed by atoms with E-state index in [0.29, 0.717) is 15.3 Å². The summed E-state index contributed by atoms with van der Waals surface area (Å²) in [6, 6.07) is 6.40. The number of benzene rings is 1. The average Bonchev–Trinajstić information content (AvgIpc) is 2.64. The molecule has 0 saturated carbocycles. The molecule has 0 amide bonds. The number of aromatic nitrogens is 2. The highest BCUT2D eigenvalue weighted by Gasteiger charge is 2.11. The minimum absolute atomic E-state index is 0.234. The first kappa shape index (κ1) is 11.5. The Kier molecular flexibility index (Phi) is 2.98. The van der Waals surface area contributed by atoms with Gasteiger partial charge in [0.15, 0.2) is 9.84 Å². The second-order valence-corrected chi connectivity index (χ2v) is 6.15. The first-order chi connectivity index (χ1) is 7.47. The molecule has 0 aliphatic carbocycles. The Balaban J connectivity index is 2.52. The molecule has 0 aliphatic heterocycles. The quantitative estimate of drug-likeness (QED) is 0.772. The van der Waals surface area contributed by atoms with Crippen molar-refractivity contribution in [2.75, 3.05) is 6.26 Å². The van der Waals surface area contributed by atoms with E-state index in [4.69, 9.17) is 4.52 Å². The fraction of sp³-hybridized carbons (Fsp3) is 0.111. The first-order valence-electron chi connectivity index (χ1n) is 4.26. The third kappa shape index (κ3) is 2.40. The molecule has 2 aromatic rings. The molecule has 1 aromatic carbocycles. The maximum Gasteiger partial charge on any atom is 0.258 e. The highest BCUT2D eigenvalue weighted by Crippen LogP contribution is 2.21. The van der Waals surface area contributed by atoms with Gasteiger partial charge in [0.25, 0.3) is 5.89 Å². The standard InChI is InChI=1S/C9H7IN2O3S/c1-16(13,14)7-4-2-3-6(5-7)8-11-9(10)12-15-8/h2-5H,1H3. The summed E-state index contributed by atoms with van der Waals surface area (Å²) in [5.74, 6) is 0.315. The summed E-state index contributed by atoms with van der Waals surface area (Å²) in [5.41, 5.74) is 0.596. The molecule has 0 fully saturated rings. The smallest absolute Gasteiger partial charge is 0.258 e. The maximum absolute atomic E-state index is 11.4. The van der Waals surface area contributed by atoms with Gasteiger partial charge in [-0.15, -0.1) is 0 Å². The Morgan fingerprint density at radius 3 is 2.69 bits per heavy atom. The Morgan fingerprint density at radius 2 is 2.12 bits per heavy atom. The Bertz CT molecular complexity index is 621. The number of hydrogen-bond donors (Lipinski definition) is 0. The van der Waals surface area contributed by atoms with Gasteiger partial charge in [0.1, 0.15) is 0 Å². The van der Waals surface area contributed by atoms with Crippen LogP contribution in [-0.2, 0) is 9.84 Å². The summed E-state index contributed by atoms with van der Waals surface area (Å²) < 4.78 is 28.1. The van der Waals surface area contributed by atoms with Crippen LogP contribution in [0.2, 0.25) is 0 Å². The van der Waals surface area contributed by atoms with Crippen molar-refractivity contribution in [1.29, 1.82) is 0 Å². The van der Waals surface area contributed by atoms with E-state index in [1.54, 1.807) is 12.1 Å². The molecule has 0 aliphatic rings. The molecule has 0 saturated heterocycles. The predicted octanol–water partition coefficient (Wildman–Crippen LogP) is 1.74. The number of nitrogens with zero attached hydrogens (tertiary/aromatic N) is 2. The highest BCUT2D eigenvalue weighted by atomic mass is 127. The fourth-order valence-electron chi connectivity index (χ4n) is 1.18. The van der Waals surface area contributed by atoms with Crippen molar-refractivity contribution >= 4 is 32.4 Å². The molecule has 84 valence electrons. The van der Waals surface area contributed by atoms with Crippen LogP contribution in [0.25, 0.3) is 11.5 Å². The van der Waals surface area contributed by atoms with Gasteiger partial charge in [-0.1, -0.05) is 11.2 Å². The van der Waals surface area contributed by atoms with Crippen molar-refractivity contribution in [3.8, 4) is 11.5 Å². The SMILES string of the molecule is CS(=O)(=O)c1cccc(-c2nc(I)no2)c1. The van der Waals surface area contributed by atoms with E-state index in [9.17, 15) is 8.42 Å². The minimum atomic E-state index is -3.22. The summed E-state index contributed by atoms with van der Waals surface area (Å²) in [5, 5.41) is 3.64. The van der Waals surface area contributed by atoms with Gasteiger partial charge in [-0.3, -0.25) is 0 Å². The van der Waals surface area contributed by atoms with Crippen molar-refractivity contribution in [1.82, 2.24) is 10.1 Å². The summed E-state index contributed by atoms with van der Waals surface area (Å²) in [4.78, 5) is 4.25. The lowest BCUT2D eigenvalue weighted by molar-refractivity contribution is 0.426. The summed E-state index contributed by atoms with van der Waals surface area (Å²) in [7, 11) is -3.22. The molecular weight excluding hydrogens is 343 g/mol. The molecule has 2 rings (SSSR count). The van der Waals surface area contributed by atoms with Crippen LogP contribution in [-0.4, -0.2) is 24.8 Å². The molecule has 0 unspecified atom stereocenters. The predicted molar refractivity (Wildman–Crippen MR) is 65.6 cm³/mol. The Hall–Kier alpha value is -0.960. The monoisotopic (exact) mass is 350 g/mol. The van der Waals surface area contributed by atoms with Gasteiger partial charge in [-0.25, -0.2) is 8.42 Å². The zero-order valence-electron chi connectivity index (χ0n) is 8.21. The zero-order chi connectivity index (χ0) is 11.8. The lowest BCUT2D eigenvalue weighted by Crippen LogP contribution is -1.96. The van der Waals surface area contributed by atoms with Crippen LogP contribution in [0.4, 0.5) is 0 Å². The van der Waals surface area contributed by atoms with Crippen molar-refractivity contribution in [2.24, 2.45) is 0 Å². The van der Waals surface area contributed by atoms with Gasteiger partial charge in [0.2, 0.25) is 3.83 Å². The fourth-order valence-corrected chi connectivity index (χ4v) is 2.17. The van der Waals surface area contributed by atoms with Crippen LogP contribution in [0.3, 0.4) is 0 Å². The Labute approximate surface area is 106 Å². The highest BCUT2D eigenvalue weighted by molar-refractivity contribution is 14.1. The summed E-state index contributed by atoms with van der Waals surface area (Å²) in [6.07, 6.45) is 1.16. The van der Waals surface area contributed by atoms with Crippen molar-refractivity contribution in [3.05, 3.63) is 28.1 Å². The van der Waals surface area contributed by atoms with Crippen LogP contribution >= 0.6 is 22.6 Å². The molecule has 0 N–H and O–H groups in total. The van der Waals surface area contributed by atoms with Crippen LogP contribution in [0.1, 0.15) is 0 Å². The van der Waals surface area contributed by atoms with Gasteiger partial charge in [0.05, 0.1) is 4.90 Å². The van der Waals surface area contributed by atoms with Gasteiger partial charge in [-0.2, -0.15) is 4.98 Å². The number of sulfone groups is 1. The van der Waals surface area contributed by atoms with E-state index in [-0.39, 0.29) is 4.90 Å². The van der Waals surface area contributed by atoms with E-state index in [0.717, 1.165) is 6.26 Å². The van der Waals surface area contributed by atoms with Gasteiger partial charge in [-0.05, 0) is 18.2 Å². The average molecular weight is 350 g/mol. The van der Waals surface area contributed by atoms with Crippen LogP contribution in [0.5, 0.6) is 0 Å². The van der Waals surface area contributed by atoms with Crippen molar-refractivity contribution in [2.45, 2.75) is 4.90 Å². The lowest BCUT2D eigenvalue weighted by atomic mass is 10.2. The third-order valence-corrected chi connectivity index (χ3v) is 3.46. The molecule has 16 heavy (non-hydrogen) atoms. The van der Waals surface area contributed by atoms with Crippen LogP contribution in [0, 0.1) is 3.83 Å². The van der Waals surface area contributed by atoms with Crippen LogP contribution in [0.15, 0.2) is 33.7 Å². The first-order valence-corrected chi connectivity index (χ1v) is 7.23. The van der Waals surface area contributed by atoms with E-state index >= 15 is 0 Å². The number of hydrogen-bond acceptors (Lipinski definition) is 5. The molecule has 1 aromatic heterocycles. The van der Waals surface area contributed by atoms with E-state index in [2.05, 4.69) is 10.1 Å². The normalized spacial score (nSPS) is 11.6. The Morgan fingerprint density at radius 1 is 1.38 bits per heavy atom. The maximum atomic E-state index is 11.4. The molecule has 0 spiro atoms. The molecule has 0 radical (unpaired) electrons. The molecule has 7 heteroatoms. The summed E-state index contributed by atoms with van der Waals surface area (Å²) >= 11 is 1.92. The number of rotatable bonds is 2. The van der Waals surface area contributed by atoms with E-state index in [1.807, 2.05) is 22.6 Å². The third-order valence-electron chi connectivity index (χ3n) is 1.91. The lowest BCUT2D eigenvalue weighted by Gasteiger charge is -1.99. The molecule has 1 heterocycles. The van der Waals surface area contributed by atoms with Crippen LogP contribution < -0.4 is 0 Å². The minimum Gasteiger partial charge on any atom is -0.333 e. The molecule has 0 atom stereocenters. The largest absolute Gasteiger partial charge is 0.333 e. The second-order valence-electron chi connectivity index (χ2n) is 3.17. The van der Waals surface area contributed by atoms with Crippen molar-refractivity contribution < 1.29 is 12.9 Å². The van der Waals surface area contributed by atoms with Crippen molar-refractivity contribution in [3.63, 3.8) is 0 Å². The molecule has 0 bridgehead atoms. The topological polar surface area (TPSA) is 73.1 Å². The molecule has 5 nitrogen and oxygen atoms in total. The van der Waals surface area contributed by atoms with E-state index in [1.165, 1.54) is 12.1 Å². The molecular formula is C9H7IN2O3S. The zero-order valence-corrected chi connectivity index (χ0v) is 11.2.